The van der Waals surface area contributed by atoms with E-state index in [9.17, 15) is 10.5 Å². The van der Waals surface area contributed by atoms with Crippen molar-refractivity contribution in [2.75, 3.05) is 0 Å². The van der Waals surface area contributed by atoms with Crippen LogP contribution in [-0.2, 0) is 12.1 Å². The van der Waals surface area contributed by atoms with Gasteiger partial charge in [-0.3, -0.25) is 0 Å². The number of imidazole rings is 1. The highest BCUT2D eigenvalue weighted by Gasteiger charge is 2.38. The smallest absolute Gasteiger partial charge is 0.121 e. The van der Waals surface area contributed by atoms with Crippen LogP contribution in [0.15, 0.2) is 128 Å². The van der Waals surface area contributed by atoms with Crippen LogP contribution in [0.4, 0.5) is 0 Å². The molecule has 0 aliphatic carbocycles. The molecule has 0 N–H and O–H groups in total. The van der Waals surface area contributed by atoms with Gasteiger partial charge >= 0.3 is 0 Å². The molecule has 0 bridgehead atoms. The lowest BCUT2D eigenvalue weighted by molar-refractivity contribution is 0.514. The summed E-state index contributed by atoms with van der Waals surface area (Å²) in [5.41, 5.74) is 8.59. The third-order valence-corrected chi connectivity index (χ3v) is 8.12. The molecule has 0 saturated heterocycles. The molecule has 2 heterocycles. The number of aromatic nitrogens is 3. The van der Waals surface area contributed by atoms with Crippen molar-refractivity contribution in [2.45, 2.75) is 25.9 Å². The van der Waals surface area contributed by atoms with Crippen LogP contribution in [-0.4, -0.2) is 14.1 Å². The fourth-order valence-corrected chi connectivity index (χ4v) is 6.10. The SMILES string of the molecule is Cc1c(C#N)c(-c2ccc(C#N)cc2)c(C)n1Cc1cn(C(c2ccccc2)(c2ccccc2)c2ccccc2)cn1. The van der Waals surface area contributed by atoms with Crippen LogP contribution < -0.4 is 0 Å². The Kier molecular flexibility index (Phi) is 7.01. The van der Waals surface area contributed by atoms with Crippen molar-refractivity contribution in [2.24, 2.45) is 0 Å². The van der Waals surface area contributed by atoms with E-state index in [1.807, 2.05) is 50.5 Å². The van der Waals surface area contributed by atoms with E-state index in [0.29, 0.717) is 17.7 Å². The van der Waals surface area contributed by atoms with Gasteiger partial charge in [-0.05, 0) is 48.2 Å². The average Bonchev–Trinajstić information content (AvgIpc) is 3.61. The monoisotopic (exact) mass is 543 g/mol. The van der Waals surface area contributed by atoms with Crippen molar-refractivity contribution in [1.82, 2.24) is 14.1 Å². The normalized spacial score (nSPS) is 11.1. The molecule has 42 heavy (non-hydrogen) atoms. The van der Waals surface area contributed by atoms with Crippen LogP contribution in [0.25, 0.3) is 11.1 Å². The molecule has 6 aromatic rings. The zero-order chi connectivity index (χ0) is 29.1. The molecule has 0 fully saturated rings. The van der Waals surface area contributed by atoms with Crippen LogP contribution in [0.1, 0.15) is 44.9 Å². The van der Waals surface area contributed by atoms with Gasteiger partial charge in [-0.2, -0.15) is 10.5 Å². The van der Waals surface area contributed by atoms with E-state index in [1.165, 1.54) is 0 Å². The topological polar surface area (TPSA) is 70.3 Å². The lowest BCUT2D eigenvalue weighted by atomic mass is 9.77. The van der Waals surface area contributed by atoms with Crippen LogP contribution in [0.2, 0.25) is 0 Å². The summed E-state index contributed by atoms with van der Waals surface area (Å²) in [5, 5.41) is 19.3. The highest BCUT2D eigenvalue weighted by molar-refractivity contribution is 5.75. The van der Waals surface area contributed by atoms with Crippen molar-refractivity contribution in [3.63, 3.8) is 0 Å². The fourth-order valence-electron chi connectivity index (χ4n) is 6.10. The summed E-state index contributed by atoms with van der Waals surface area (Å²) in [6.45, 7) is 4.54. The second-order valence-corrected chi connectivity index (χ2v) is 10.4. The quantitative estimate of drug-likeness (QED) is 0.195. The maximum atomic E-state index is 10.1. The summed E-state index contributed by atoms with van der Waals surface area (Å²) in [7, 11) is 0. The second-order valence-electron chi connectivity index (χ2n) is 10.4. The van der Waals surface area contributed by atoms with Crippen LogP contribution in [0.3, 0.4) is 0 Å². The predicted octanol–water partition coefficient (Wildman–Crippen LogP) is 7.60. The second kappa shape index (κ2) is 11.1. The van der Waals surface area contributed by atoms with Crippen molar-refractivity contribution in [3.8, 4) is 23.3 Å². The summed E-state index contributed by atoms with van der Waals surface area (Å²) in [6, 6.07) is 43.6. The van der Waals surface area contributed by atoms with Gasteiger partial charge in [-0.25, -0.2) is 4.98 Å². The lowest BCUT2D eigenvalue weighted by Gasteiger charge is -2.37. The summed E-state index contributed by atoms with van der Waals surface area (Å²) in [6.07, 6.45) is 4.04. The van der Waals surface area contributed by atoms with Gasteiger partial charge in [0.05, 0.1) is 35.8 Å². The minimum atomic E-state index is -0.638. The Morgan fingerprint density at radius 3 is 1.67 bits per heavy atom. The molecular weight excluding hydrogens is 514 g/mol. The molecule has 0 unspecified atom stereocenters. The van der Waals surface area contributed by atoms with Gasteiger partial charge in [0.1, 0.15) is 11.6 Å². The van der Waals surface area contributed by atoms with Gasteiger partial charge in [-0.1, -0.05) is 103 Å². The molecule has 0 saturated carbocycles. The first-order valence-corrected chi connectivity index (χ1v) is 13.9. The summed E-state index contributed by atoms with van der Waals surface area (Å²) in [4.78, 5) is 4.92. The molecule has 0 aliphatic rings. The molecule has 0 radical (unpaired) electrons. The largest absolute Gasteiger partial charge is 0.341 e. The first kappa shape index (κ1) is 26.6. The highest BCUT2D eigenvalue weighted by Crippen LogP contribution is 2.41. The van der Waals surface area contributed by atoms with Crippen LogP contribution >= 0.6 is 0 Å². The Bertz CT molecular complexity index is 1820. The molecule has 0 atom stereocenters. The van der Waals surface area contributed by atoms with Crippen LogP contribution in [0, 0.1) is 36.5 Å². The highest BCUT2D eigenvalue weighted by atomic mass is 15.1. The minimum absolute atomic E-state index is 0.518. The number of nitrogens with zero attached hydrogens (tertiary/aromatic N) is 5. The predicted molar refractivity (Wildman–Crippen MR) is 165 cm³/mol. The molecule has 5 nitrogen and oxygen atoms in total. The first-order chi connectivity index (χ1) is 20.6. The van der Waals surface area contributed by atoms with Crippen molar-refractivity contribution in [3.05, 3.63) is 173 Å². The van der Waals surface area contributed by atoms with Gasteiger partial charge < -0.3 is 9.13 Å². The summed E-state index contributed by atoms with van der Waals surface area (Å²) < 4.78 is 4.37. The maximum absolute atomic E-state index is 10.1. The van der Waals surface area contributed by atoms with Crippen molar-refractivity contribution >= 4 is 0 Å². The molecule has 0 spiro atoms. The number of nitriles is 2. The van der Waals surface area contributed by atoms with Gasteiger partial charge in [0.15, 0.2) is 0 Å². The lowest BCUT2D eigenvalue weighted by Crippen LogP contribution is -2.36. The molecule has 0 amide bonds. The first-order valence-electron chi connectivity index (χ1n) is 13.9. The molecule has 6 rings (SSSR count). The zero-order valence-corrected chi connectivity index (χ0v) is 23.6. The summed E-state index contributed by atoms with van der Waals surface area (Å²) in [5.74, 6) is 0. The molecule has 4 aromatic carbocycles. The Balaban J connectivity index is 1.49. The zero-order valence-electron chi connectivity index (χ0n) is 23.6. The van der Waals surface area contributed by atoms with E-state index in [0.717, 1.165) is 44.9 Å². The minimum Gasteiger partial charge on any atom is -0.341 e. The van der Waals surface area contributed by atoms with Gasteiger partial charge in [0.25, 0.3) is 0 Å². The Morgan fingerprint density at radius 2 is 1.19 bits per heavy atom. The third kappa shape index (κ3) is 4.38. The van der Waals surface area contributed by atoms with E-state index in [-0.39, 0.29) is 0 Å². The Morgan fingerprint density at radius 1 is 0.667 bits per heavy atom. The molecule has 202 valence electrons. The van der Waals surface area contributed by atoms with Crippen molar-refractivity contribution < 1.29 is 0 Å². The van der Waals surface area contributed by atoms with E-state index >= 15 is 0 Å². The number of hydrogen-bond acceptors (Lipinski definition) is 3. The van der Waals surface area contributed by atoms with Crippen molar-refractivity contribution in [1.29, 1.82) is 10.5 Å². The molecular formula is C37H29N5. The maximum Gasteiger partial charge on any atom is 0.121 e. The van der Waals surface area contributed by atoms with E-state index in [2.05, 4.69) is 100 Å². The van der Waals surface area contributed by atoms with E-state index in [1.54, 1.807) is 12.1 Å². The number of hydrogen-bond donors (Lipinski definition) is 0. The van der Waals surface area contributed by atoms with Gasteiger partial charge in [-0.15, -0.1) is 0 Å². The number of benzene rings is 4. The van der Waals surface area contributed by atoms with Crippen LogP contribution in [0.5, 0.6) is 0 Å². The number of rotatable bonds is 7. The van der Waals surface area contributed by atoms with Gasteiger partial charge in [0.2, 0.25) is 0 Å². The standard InChI is InChI=1S/C37H29N5/c1-27-35(23-39)36(30-20-18-29(22-38)19-21-30)28(2)42(27)25-34-24-41(26-40-34)37(31-12-6-3-7-13-31,32-14-8-4-9-15-32)33-16-10-5-11-17-33/h3-21,24,26H,25H2,1-2H3. The molecule has 2 aromatic heterocycles. The molecule has 5 heteroatoms. The van der Waals surface area contributed by atoms with Gasteiger partial charge in [0, 0.05) is 23.1 Å². The molecule has 0 aliphatic heterocycles. The summed E-state index contributed by atoms with van der Waals surface area (Å²) >= 11 is 0. The average molecular weight is 544 g/mol. The fraction of sp³-hybridized carbons (Fsp3) is 0.108. The van der Waals surface area contributed by atoms with E-state index in [4.69, 9.17) is 4.98 Å². The Hall–Kier alpha value is -5.65. The van der Waals surface area contributed by atoms with E-state index < -0.39 is 5.54 Å². The third-order valence-electron chi connectivity index (χ3n) is 8.12. The Labute approximate surface area is 246 Å².